The Labute approximate surface area is 102 Å². The van der Waals surface area contributed by atoms with E-state index in [2.05, 4.69) is 4.99 Å². The highest BCUT2D eigenvalue weighted by atomic mass is 19.4. The van der Waals surface area contributed by atoms with Crippen LogP contribution in [0.1, 0.15) is 17.5 Å². The molecule has 0 spiro atoms. The van der Waals surface area contributed by atoms with Gasteiger partial charge in [-0.2, -0.15) is 13.2 Å². The number of rotatable bonds is 3. The van der Waals surface area contributed by atoms with Gasteiger partial charge in [0.25, 0.3) is 0 Å². The molecule has 1 atom stereocenters. The van der Waals surface area contributed by atoms with Gasteiger partial charge in [0.05, 0.1) is 11.6 Å². The number of nitrogens with two attached hydrogens (primary N) is 1. The smallest absolute Gasteiger partial charge is 0.417 e. The van der Waals surface area contributed by atoms with E-state index in [-0.39, 0.29) is 17.5 Å². The third-order valence-corrected chi connectivity index (χ3v) is 2.68. The van der Waals surface area contributed by atoms with Crippen LogP contribution in [0.5, 0.6) is 0 Å². The molecule has 1 aromatic carbocycles. The fourth-order valence-electron chi connectivity index (χ4n) is 1.82. The summed E-state index contributed by atoms with van der Waals surface area (Å²) in [4.78, 5) is 4.14. The lowest BCUT2D eigenvalue weighted by Gasteiger charge is -2.11. The first-order valence-corrected chi connectivity index (χ1v) is 5.59. The molecule has 1 unspecified atom stereocenters. The van der Waals surface area contributed by atoms with E-state index in [0.29, 0.717) is 19.6 Å². The zero-order valence-corrected chi connectivity index (χ0v) is 9.57. The van der Waals surface area contributed by atoms with E-state index < -0.39 is 11.7 Å². The molecule has 98 valence electrons. The largest absolute Gasteiger partial charge is 0.475 e. The monoisotopic (exact) mass is 258 g/mol. The minimum absolute atomic E-state index is 0.00970. The minimum atomic E-state index is -4.41. The molecule has 0 radical (unpaired) electrons. The van der Waals surface area contributed by atoms with Gasteiger partial charge < -0.3 is 10.5 Å². The molecular formula is C12H13F3N2O. The molecule has 0 bridgehead atoms. The third-order valence-electron chi connectivity index (χ3n) is 2.68. The average molecular weight is 258 g/mol. The molecule has 0 fully saturated rings. The Kier molecular flexibility index (Phi) is 3.56. The average Bonchev–Trinajstić information content (AvgIpc) is 2.77. The van der Waals surface area contributed by atoms with Gasteiger partial charge in [-0.05, 0) is 25.1 Å². The Hall–Kier alpha value is -1.56. The molecule has 2 N–H and O–H groups in total. The number of ether oxygens (including phenoxy) is 1. The van der Waals surface area contributed by atoms with Crippen molar-refractivity contribution in [2.75, 3.05) is 13.2 Å². The molecule has 3 nitrogen and oxygen atoms in total. The van der Waals surface area contributed by atoms with E-state index in [4.69, 9.17) is 10.5 Å². The van der Waals surface area contributed by atoms with Gasteiger partial charge in [-0.1, -0.05) is 12.1 Å². The SMILES string of the molecule is NCCC1COC(c2ccccc2C(F)(F)F)=N1. The first kappa shape index (κ1) is 12.9. The first-order chi connectivity index (χ1) is 8.52. The molecule has 1 aliphatic heterocycles. The highest BCUT2D eigenvalue weighted by molar-refractivity contribution is 5.96. The fraction of sp³-hybridized carbons (Fsp3) is 0.417. The third kappa shape index (κ3) is 2.64. The lowest BCUT2D eigenvalue weighted by atomic mass is 10.1. The van der Waals surface area contributed by atoms with Crippen molar-refractivity contribution in [3.63, 3.8) is 0 Å². The first-order valence-electron chi connectivity index (χ1n) is 5.59. The summed E-state index contributed by atoms with van der Waals surface area (Å²) in [5.74, 6) is 0.0568. The van der Waals surface area contributed by atoms with Crippen molar-refractivity contribution in [3.8, 4) is 0 Å². The quantitative estimate of drug-likeness (QED) is 0.903. The number of benzene rings is 1. The molecule has 0 amide bonds. The molecule has 1 aliphatic rings. The summed E-state index contributed by atoms with van der Waals surface area (Å²) in [6.45, 7) is 0.727. The Balaban J connectivity index is 2.32. The van der Waals surface area contributed by atoms with Crippen LogP contribution in [0.15, 0.2) is 29.3 Å². The van der Waals surface area contributed by atoms with Crippen molar-refractivity contribution in [2.24, 2.45) is 10.7 Å². The molecule has 0 saturated carbocycles. The summed E-state index contributed by atoms with van der Waals surface area (Å²) in [5.41, 5.74) is 4.65. The predicted octanol–water partition coefficient (Wildman–Crippen LogP) is 2.20. The number of hydrogen-bond donors (Lipinski definition) is 1. The second-order valence-electron chi connectivity index (χ2n) is 4.02. The summed E-state index contributed by atoms with van der Waals surface area (Å²) in [7, 11) is 0. The van der Waals surface area contributed by atoms with E-state index in [1.165, 1.54) is 18.2 Å². The standard InChI is InChI=1S/C12H13F3N2O/c13-12(14,15)10-4-2-1-3-9(10)11-17-8(5-6-16)7-18-11/h1-4,8H,5-7,16H2. The maximum Gasteiger partial charge on any atom is 0.417 e. The van der Waals surface area contributed by atoms with Crippen molar-refractivity contribution in [1.82, 2.24) is 0 Å². The van der Waals surface area contributed by atoms with Crippen molar-refractivity contribution < 1.29 is 17.9 Å². The predicted molar refractivity (Wildman–Crippen MR) is 61.4 cm³/mol. The topological polar surface area (TPSA) is 47.6 Å². The highest BCUT2D eigenvalue weighted by Crippen LogP contribution is 2.33. The number of aliphatic imine (C=N–C) groups is 1. The van der Waals surface area contributed by atoms with Crippen molar-refractivity contribution >= 4 is 5.90 Å². The van der Waals surface area contributed by atoms with Crippen molar-refractivity contribution in [3.05, 3.63) is 35.4 Å². The van der Waals surface area contributed by atoms with Gasteiger partial charge in [0.1, 0.15) is 6.61 Å². The van der Waals surface area contributed by atoms with Crippen LogP contribution in [0, 0.1) is 0 Å². The summed E-state index contributed by atoms with van der Waals surface area (Å²) >= 11 is 0. The Morgan fingerprint density at radius 2 is 2.06 bits per heavy atom. The Morgan fingerprint density at radius 1 is 1.33 bits per heavy atom. The van der Waals surface area contributed by atoms with E-state index in [9.17, 15) is 13.2 Å². The van der Waals surface area contributed by atoms with Gasteiger partial charge in [-0.3, -0.25) is 0 Å². The van der Waals surface area contributed by atoms with Crippen molar-refractivity contribution in [1.29, 1.82) is 0 Å². The van der Waals surface area contributed by atoms with E-state index in [1.807, 2.05) is 0 Å². The minimum Gasteiger partial charge on any atom is -0.475 e. The van der Waals surface area contributed by atoms with Crippen LogP contribution in [-0.4, -0.2) is 25.1 Å². The number of hydrogen-bond acceptors (Lipinski definition) is 3. The summed E-state index contributed by atoms with van der Waals surface area (Å²) in [5, 5.41) is 0. The van der Waals surface area contributed by atoms with Crippen LogP contribution in [-0.2, 0) is 10.9 Å². The summed E-state index contributed by atoms with van der Waals surface area (Å²) < 4.78 is 43.7. The van der Waals surface area contributed by atoms with Gasteiger partial charge in [0.15, 0.2) is 0 Å². The van der Waals surface area contributed by atoms with Gasteiger partial charge in [0, 0.05) is 5.56 Å². The maximum atomic E-state index is 12.8. The lowest BCUT2D eigenvalue weighted by Crippen LogP contribution is -2.13. The van der Waals surface area contributed by atoms with Gasteiger partial charge in [0.2, 0.25) is 5.90 Å². The highest BCUT2D eigenvalue weighted by Gasteiger charge is 2.35. The summed E-state index contributed by atoms with van der Waals surface area (Å²) in [6.07, 6.45) is -3.80. The fourth-order valence-corrected chi connectivity index (χ4v) is 1.82. The molecule has 6 heteroatoms. The second-order valence-corrected chi connectivity index (χ2v) is 4.02. The molecular weight excluding hydrogens is 245 g/mol. The van der Waals surface area contributed by atoms with Crippen LogP contribution in [0.3, 0.4) is 0 Å². The normalized spacial score (nSPS) is 19.6. The lowest BCUT2D eigenvalue weighted by molar-refractivity contribution is -0.137. The number of nitrogens with zero attached hydrogens (tertiary/aromatic N) is 1. The van der Waals surface area contributed by atoms with Crippen LogP contribution < -0.4 is 5.73 Å². The molecule has 0 aliphatic carbocycles. The maximum absolute atomic E-state index is 12.8. The van der Waals surface area contributed by atoms with Gasteiger partial charge in [-0.25, -0.2) is 4.99 Å². The summed E-state index contributed by atoms with van der Waals surface area (Å²) in [6, 6.07) is 5.13. The van der Waals surface area contributed by atoms with Crippen LogP contribution in [0.2, 0.25) is 0 Å². The zero-order valence-electron chi connectivity index (χ0n) is 9.57. The molecule has 0 saturated heterocycles. The molecule has 1 aromatic rings. The van der Waals surface area contributed by atoms with Crippen LogP contribution >= 0.6 is 0 Å². The molecule has 0 aromatic heterocycles. The number of halogens is 3. The van der Waals surface area contributed by atoms with Crippen molar-refractivity contribution in [2.45, 2.75) is 18.6 Å². The second kappa shape index (κ2) is 4.97. The van der Waals surface area contributed by atoms with Crippen LogP contribution in [0.25, 0.3) is 0 Å². The molecule has 1 heterocycles. The molecule has 18 heavy (non-hydrogen) atoms. The number of alkyl halides is 3. The van der Waals surface area contributed by atoms with E-state index in [0.717, 1.165) is 6.07 Å². The van der Waals surface area contributed by atoms with Gasteiger partial charge >= 0.3 is 6.18 Å². The zero-order chi connectivity index (χ0) is 13.2. The van der Waals surface area contributed by atoms with E-state index in [1.54, 1.807) is 0 Å². The van der Waals surface area contributed by atoms with Crippen LogP contribution in [0.4, 0.5) is 13.2 Å². The Bertz CT molecular complexity index is 457. The van der Waals surface area contributed by atoms with E-state index >= 15 is 0 Å². The molecule has 2 rings (SSSR count). The Morgan fingerprint density at radius 3 is 2.72 bits per heavy atom. The van der Waals surface area contributed by atoms with Gasteiger partial charge in [-0.15, -0.1) is 0 Å².